The number of hydrogen-bond acceptors (Lipinski definition) is 2. The molecule has 1 aromatic carbocycles. The molecule has 1 unspecified atom stereocenters. The first-order valence-electron chi connectivity index (χ1n) is 6.52. The largest absolute Gasteiger partial charge is 0.337 e. The molecule has 1 aliphatic heterocycles. The molecule has 3 atom stereocenters. The SMILES string of the molecule is C[NH+]1CCC[C@H](C(=O)[C@@H](C#N)c2ccccc2)C1. The van der Waals surface area contributed by atoms with Crippen molar-refractivity contribution >= 4 is 5.78 Å². The molecule has 0 saturated carbocycles. The molecule has 1 aliphatic rings. The Kier molecular flexibility index (Phi) is 4.11. The van der Waals surface area contributed by atoms with Gasteiger partial charge in [-0.05, 0) is 18.4 Å². The van der Waals surface area contributed by atoms with Crippen molar-refractivity contribution in [3.05, 3.63) is 35.9 Å². The number of benzene rings is 1. The first-order valence-corrected chi connectivity index (χ1v) is 6.52. The number of quaternary nitrogens is 1. The van der Waals surface area contributed by atoms with E-state index in [0.29, 0.717) is 0 Å². The van der Waals surface area contributed by atoms with E-state index in [-0.39, 0.29) is 11.7 Å². The Balaban J connectivity index is 2.14. The van der Waals surface area contributed by atoms with Gasteiger partial charge in [-0.2, -0.15) is 5.26 Å². The maximum Gasteiger partial charge on any atom is 0.163 e. The van der Waals surface area contributed by atoms with Gasteiger partial charge in [0.2, 0.25) is 0 Å². The predicted molar refractivity (Wildman–Crippen MR) is 69.1 cm³/mol. The van der Waals surface area contributed by atoms with Crippen LogP contribution in [0.4, 0.5) is 0 Å². The van der Waals surface area contributed by atoms with Crippen molar-refractivity contribution in [2.24, 2.45) is 5.92 Å². The highest BCUT2D eigenvalue weighted by Crippen LogP contribution is 2.22. The smallest absolute Gasteiger partial charge is 0.163 e. The number of nitrogens with one attached hydrogen (secondary N) is 1. The Bertz CT molecular complexity index is 449. The van der Waals surface area contributed by atoms with Crippen LogP contribution in [0.2, 0.25) is 0 Å². The minimum Gasteiger partial charge on any atom is -0.337 e. The molecule has 0 spiro atoms. The summed E-state index contributed by atoms with van der Waals surface area (Å²) in [7, 11) is 2.11. The molecule has 3 heteroatoms. The summed E-state index contributed by atoms with van der Waals surface area (Å²) in [4.78, 5) is 13.8. The summed E-state index contributed by atoms with van der Waals surface area (Å²) in [5, 5.41) is 9.27. The van der Waals surface area contributed by atoms with E-state index >= 15 is 0 Å². The molecular formula is C15H19N2O+. The van der Waals surface area contributed by atoms with Crippen molar-refractivity contribution in [1.82, 2.24) is 0 Å². The van der Waals surface area contributed by atoms with Gasteiger partial charge in [-0.25, -0.2) is 0 Å². The van der Waals surface area contributed by atoms with Crippen molar-refractivity contribution in [1.29, 1.82) is 5.26 Å². The molecular weight excluding hydrogens is 224 g/mol. The van der Waals surface area contributed by atoms with Gasteiger partial charge in [-0.3, -0.25) is 4.79 Å². The van der Waals surface area contributed by atoms with Crippen molar-refractivity contribution in [2.75, 3.05) is 20.1 Å². The van der Waals surface area contributed by atoms with E-state index in [1.165, 1.54) is 4.90 Å². The average Bonchev–Trinajstić information content (AvgIpc) is 2.41. The minimum absolute atomic E-state index is 0.0450. The van der Waals surface area contributed by atoms with Crippen molar-refractivity contribution < 1.29 is 9.69 Å². The topological polar surface area (TPSA) is 45.3 Å². The number of rotatable bonds is 3. The fraction of sp³-hybridized carbons (Fsp3) is 0.467. The number of piperidine rings is 1. The lowest BCUT2D eigenvalue weighted by Crippen LogP contribution is -3.10. The van der Waals surface area contributed by atoms with E-state index in [9.17, 15) is 10.1 Å². The molecule has 1 heterocycles. The molecule has 0 aliphatic carbocycles. The molecule has 0 radical (unpaired) electrons. The monoisotopic (exact) mass is 243 g/mol. The Morgan fingerprint density at radius 3 is 2.78 bits per heavy atom. The number of carbonyl (C=O) groups is 1. The lowest BCUT2D eigenvalue weighted by Gasteiger charge is -2.27. The number of nitriles is 1. The van der Waals surface area contributed by atoms with Crippen molar-refractivity contribution in [2.45, 2.75) is 18.8 Å². The molecule has 1 saturated heterocycles. The molecule has 2 rings (SSSR count). The Labute approximate surface area is 108 Å². The van der Waals surface area contributed by atoms with Crippen LogP contribution in [0.3, 0.4) is 0 Å². The normalized spacial score (nSPS) is 25.1. The maximum atomic E-state index is 12.4. The predicted octanol–water partition coefficient (Wildman–Crippen LogP) is 0.788. The number of likely N-dealkylation sites (tertiary alicyclic amines) is 1. The maximum absolute atomic E-state index is 12.4. The average molecular weight is 243 g/mol. The number of nitrogens with zero attached hydrogens (tertiary/aromatic N) is 1. The summed E-state index contributed by atoms with van der Waals surface area (Å²) in [6.07, 6.45) is 2.01. The van der Waals surface area contributed by atoms with Crippen LogP contribution >= 0.6 is 0 Å². The first-order chi connectivity index (χ1) is 8.72. The van der Waals surface area contributed by atoms with Crippen LogP contribution in [0.1, 0.15) is 24.3 Å². The molecule has 1 fully saturated rings. The van der Waals surface area contributed by atoms with Crippen LogP contribution in [0.15, 0.2) is 30.3 Å². The highest BCUT2D eigenvalue weighted by Gasteiger charge is 2.32. The van der Waals surface area contributed by atoms with Gasteiger partial charge in [0, 0.05) is 0 Å². The van der Waals surface area contributed by atoms with Crippen LogP contribution in [-0.2, 0) is 4.79 Å². The van der Waals surface area contributed by atoms with Crippen LogP contribution in [0.5, 0.6) is 0 Å². The third kappa shape index (κ3) is 2.77. The summed E-state index contributed by atoms with van der Waals surface area (Å²) in [6, 6.07) is 11.6. The lowest BCUT2D eigenvalue weighted by atomic mass is 9.84. The van der Waals surface area contributed by atoms with Crippen LogP contribution < -0.4 is 4.90 Å². The van der Waals surface area contributed by atoms with Gasteiger partial charge >= 0.3 is 0 Å². The molecule has 3 nitrogen and oxygen atoms in total. The van der Waals surface area contributed by atoms with E-state index in [0.717, 1.165) is 31.5 Å². The number of ketones is 1. The van der Waals surface area contributed by atoms with E-state index in [4.69, 9.17) is 0 Å². The molecule has 0 amide bonds. The first kappa shape index (κ1) is 12.8. The van der Waals surface area contributed by atoms with Gasteiger partial charge in [0.1, 0.15) is 5.92 Å². The van der Waals surface area contributed by atoms with Crippen LogP contribution in [-0.4, -0.2) is 25.9 Å². The zero-order valence-electron chi connectivity index (χ0n) is 10.7. The molecule has 1 N–H and O–H groups in total. The van der Waals surface area contributed by atoms with Gasteiger partial charge in [0.05, 0.1) is 32.1 Å². The van der Waals surface area contributed by atoms with E-state index in [1.54, 1.807) is 0 Å². The molecule has 94 valence electrons. The van der Waals surface area contributed by atoms with Gasteiger partial charge in [0.25, 0.3) is 0 Å². The minimum atomic E-state index is -0.595. The van der Waals surface area contributed by atoms with Gasteiger partial charge in [-0.15, -0.1) is 0 Å². The number of Topliss-reactive ketones (excluding diaryl/α,β-unsaturated/α-hetero) is 1. The molecule has 0 bridgehead atoms. The van der Waals surface area contributed by atoms with E-state index in [2.05, 4.69) is 13.1 Å². The highest BCUT2D eigenvalue weighted by molar-refractivity contribution is 5.90. The van der Waals surface area contributed by atoms with Gasteiger partial charge in [0.15, 0.2) is 5.78 Å². The third-order valence-electron chi connectivity index (χ3n) is 3.70. The van der Waals surface area contributed by atoms with Crippen molar-refractivity contribution in [3.63, 3.8) is 0 Å². The molecule has 0 aromatic heterocycles. The van der Waals surface area contributed by atoms with Gasteiger partial charge < -0.3 is 4.90 Å². The fourth-order valence-electron chi connectivity index (χ4n) is 2.70. The summed E-state index contributed by atoms with van der Waals surface area (Å²) < 4.78 is 0. The number of hydrogen-bond donors (Lipinski definition) is 1. The number of carbonyl (C=O) groups excluding carboxylic acids is 1. The summed E-state index contributed by atoms with van der Waals surface area (Å²) >= 11 is 0. The van der Waals surface area contributed by atoms with E-state index < -0.39 is 5.92 Å². The molecule has 1 aromatic rings. The molecule has 18 heavy (non-hydrogen) atoms. The second-order valence-corrected chi connectivity index (χ2v) is 5.13. The quantitative estimate of drug-likeness (QED) is 0.853. The lowest BCUT2D eigenvalue weighted by molar-refractivity contribution is -0.887. The van der Waals surface area contributed by atoms with Gasteiger partial charge in [-0.1, -0.05) is 30.3 Å². The highest BCUT2D eigenvalue weighted by atomic mass is 16.1. The van der Waals surface area contributed by atoms with Crippen molar-refractivity contribution in [3.8, 4) is 6.07 Å². The Morgan fingerprint density at radius 2 is 2.17 bits per heavy atom. The third-order valence-corrected chi connectivity index (χ3v) is 3.70. The van der Waals surface area contributed by atoms with Crippen LogP contribution in [0, 0.1) is 17.2 Å². The fourth-order valence-corrected chi connectivity index (χ4v) is 2.70. The summed E-state index contributed by atoms with van der Waals surface area (Å²) in [6.45, 7) is 2.00. The zero-order chi connectivity index (χ0) is 13.0. The second-order valence-electron chi connectivity index (χ2n) is 5.13. The Hall–Kier alpha value is -1.66. The standard InChI is InChI=1S/C15H18N2O/c1-17-9-5-8-13(11-17)15(18)14(10-16)12-6-3-2-4-7-12/h2-4,6-7,13-14H,5,8-9,11H2,1H3/p+1/t13-,14-/m0/s1. The summed E-state index contributed by atoms with van der Waals surface area (Å²) in [5.41, 5.74) is 0.827. The summed E-state index contributed by atoms with van der Waals surface area (Å²) in [5.74, 6) is -0.451. The Morgan fingerprint density at radius 1 is 1.44 bits per heavy atom. The zero-order valence-corrected chi connectivity index (χ0v) is 10.7. The second kappa shape index (κ2) is 5.79. The van der Waals surface area contributed by atoms with Crippen LogP contribution in [0.25, 0.3) is 0 Å². The van der Waals surface area contributed by atoms with E-state index in [1.807, 2.05) is 30.3 Å².